The van der Waals surface area contributed by atoms with Crippen molar-refractivity contribution in [2.45, 2.75) is 0 Å². The van der Waals surface area contributed by atoms with Crippen molar-refractivity contribution >= 4 is 68.2 Å². The van der Waals surface area contributed by atoms with Crippen molar-refractivity contribution in [3.8, 4) is 0 Å². The summed E-state index contributed by atoms with van der Waals surface area (Å²) in [5, 5.41) is 1.86. The number of nitrogens with zero attached hydrogens (tertiary/aromatic N) is 4. The molecular formula is C44H28Cl2N4Sn. The van der Waals surface area contributed by atoms with E-state index in [2.05, 4.69) is 151 Å². The van der Waals surface area contributed by atoms with Gasteiger partial charge in [-0.3, -0.25) is 0 Å². The average molecular weight is 802 g/mol. The van der Waals surface area contributed by atoms with Gasteiger partial charge in [-0.05, 0) is 0 Å². The fourth-order valence-corrected chi connectivity index (χ4v) is 18.6. The summed E-state index contributed by atoms with van der Waals surface area (Å²) in [6, 6.07) is 50.5. The molecule has 6 aromatic rings. The fourth-order valence-electron chi connectivity index (χ4n) is 7.74. The molecule has 7 heteroatoms. The maximum atomic E-state index is 8.32. The molecule has 4 aliphatic heterocycles. The number of hydrogen-bond acceptors (Lipinski definition) is 2. The van der Waals surface area contributed by atoms with Crippen molar-refractivity contribution in [2.24, 2.45) is 9.98 Å². The average Bonchev–Trinajstić information content (AvgIpc) is 4.00. The normalized spacial score (nSPS) is 16.8. The third-order valence-corrected chi connectivity index (χ3v) is 20.2. The number of hydrogen-bond donors (Lipinski definition) is 0. The number of aromatic nitrogens is 2. The molecule has 2 aromatic heterocycles. The van der Waals surface area contributed by atoms with Crippen LogP contribution >= 0.6 is 17.8 Å². The van der Waals surface area contributed by atoms with Gasteiger partial charge in [0.1, 0.15) is 0 Å². The van der Waals surface area contributed by atoms with Gasteiger partial charge in [0.15, 0.2) is 0 Å². The molecule has 0 radical (unpaired) electrons. The van der Waals surface area contributed by atoms with Crippen LogP contribution in [0.4, 0.5) is 0 Å². The molecule has 51 heavy (non-hydrogen) atoms. The van der Waals surface area contributed by atoms with Gasteiger partial charge in [0.25, 0.3) is 0 Å². The van der Waals surface area contributed by atoms with E-state index in [9.17, 15) is 0 Å². The van der Waals surface area contributed by atoms with Crippen molar-refractivity contribution in [1.82, 2.24) is 5.58 Å². The molecule has 0 atom stereocenters. The zero-order chi connectivity index (χ0) is 34.1. The number of halogens is 2. The van der Waals surface area contributed by atoms with Gasteiger partial charge >= 0.3 is 309 Å². The summed E-state index contributed by atoms with van der Waals surface area (Å²) >= 11 is -4.94. The fraction of sp³-hybridized carbons (Fsp3) is 0. The van der Waals surface area contributed by atoms with Crippen LogP contribution in [0.3, 0.4) is 0 Å². The maximum absolute atomic E-state index is 8.32. The Balaban J connectivity index is 1.48. The Morgan fingerprint density at radius 2 is 0.725 bits per heavy atom. The zero-order valence-corrected chi connectivity index (χ0v) is 31.6. The third-order valence-electron chi connectivity index (χ3n) is 9.88. The standard InChI is InChI=1S/C44H28N4.2ClH.Sn/c1-5-13-29(14-6-1)41-33-21-23-35(45-33)42(30-15-7-2-8-16-30)37-25-27-39(47-37)44(32-19-11-4-12-20-32)40-28-26-38(48-40)43(31-17-9-3-10-18-31)36-24-22-34(41)46-36;;;/h1-28H;2*1H;/q-2;;;+4/p-2. The van der Waals surface area contributed by atoms with Crippen LogP contribution in [0.1, 0.15) is 33.6 Å². The molecule has 0 fully saturated rings. The second kappa shape index (κ2) is 12.0. The first kappa shape index (κ1) is 30.7. The van der Waals surface area contributed by atoms with E-state index in [1.54, 1.807) is 0 Å². The van der Waals surface area contributed by atoms with E-state index < -0.39 is 16.7 Å². The van der Waals surface area contributed by atoms with Gasteiger partial charge in [-0.2, -0.15) is 0 Å². The predicted octanol–water partition coefficient (Wildman–Crippen LogP) is 8.56. The van der Waals surface area contributed by atoms with Gasteiger partial charge in [0, 0.05) is 0 Å². The first-order valence-electron chi connectivity index (χ1n) is 16.9. The van der Waals surface area contributed by atoms with E-state index in [0.717, 1.165) is 89.4 Å². The van der Waals surface area contributed by atoms with Crippen molar-refractivity contribution in [3.05, 3.63) is 226 Å². The molecule has 0 aliphatic carbocycles. The van der Waals surface area contributed by atoms with Gasteiger partial charge in [0.2, 0.25) is 0 Å². The van der Waals surface area contributed by atoms with Crippen LogP contribution in [0.25, 0.3) is 22.3 Å². The SMILES string of the molecule is [Cl][Sn]1([Cl])[n]2c3ccc2C(c2ccccc2)=C2C=CC(=N2)C(c2ccccc2)=c2ccc([n]21)=C(c1ccccc1)C1=NC(=C3c2ccccc2)C=C1. The molecule has 6 bridgehead atoms. The first-order valence-corrected chi connectivity index (χ1v) is 26.7. The van der Waals surface area contributed by atoms with Crippen LogP contribution in [0.5, 0.6) is 0 Å². The molecule has 4 aliphatic rings. The van der Waals surface area contributed by atoms with Crippen molar-refractivity contribution in [2.75, 3.05) is 0 Å². The van der Waals surface area contributed by atoms with Crippen molar-refractivity contribution in [3.63, 3.8) is 0 Å². The van der Waals surface area contributed by atoms with Crippen LogP contribution in [-0.2, 0) is 0 Å². The number of fused-ring (bicyclic) bond motifs is 2. The zero-order valence-electron chi connectivity index (χ0n) is 27.2. The first-order chi connectivity index (χ1) is 25.1. The Kier molecular flexibility index (Phi) is 7.20. The summed E-state index contributed by atoms with van der Waals surface area (Å²) in [6.45, 7) is 0. The molecule has 0 saturated carbocycles. The van der Waals surface area contributed by atoms with Crippen molar-refractivity contribution < 1.29 is 0 Å². The molecule has 0 N–H and O–H groups in total. The Labute approximate surface area is 307 Å². The van der Waals surface area contributed by atoms with Crippen LogP contribution in [0.15, 0.2) is 191 Å². The minimum absolute atomic E-state index is 0.866. The molecule has 4 aromatic carbocycles. The molecule has 0 amide bonds. The van der Waals surface area contributed by atoms with E-state index >= 15 is 0 Å². The van der Waals surface area contributed by atoms with Crippen molar-refractivity contribution in [1.29, 1.82) is 0 Å². The number of rotatable bonds is 4. The predicted molar refractivity (Wildman–Crippen MR) is 212 cm³/mol. The molecule has 4 nitrogen and oxygen atoms in total. The summed E-state index contributed by atoms with van der Waals surface area (Å²) < 4.78 is 4.56. The molecule has 0 spiro atoms. The van der Waals surface area contributed by atoms with E-state index in [4.69, 9.17) is 27.8 Å². The van der Waals surface area contributed by atoms with Crippen LogP contribution in [-0.4, -0.2) is 33.7 Å². The third kappa shape index (κ3) is 4.81. The summed E-state index contributed by atoms with van der Waals surface area (Å²) in [5.41, 5.74) is 13.4. The Morgan fingerprint density at radius 3 is 1.10 bits per heavy atom. The second-order valence-electron chi connectivity index (χ2n) is 12.8. The van der Waals surface area contributed by atoms with E-state index in [1.807, 2.05) is 24.3 Å². The Bertz CT molecular complexity index is 2550. The monoisotopic (exact) mass is 802 g/mol. The molecular weight excluding hydrogens is 774 g/mol. The molecule has 6 heterocycles. The summed E-state index contributed by atoms with van der Waals surface area (Å²) in [7, 11) is 16.6. The number of allylic oxidation sites excluding steroid dienone is 4. The van der Waals surface area contributed by atoms with Gasteiger partial charge in [-0.15, -0.1) is 0 Å². The Morgan fingerprint density at radius 1 is 0.373 bits per heavy atom. The van der Waals surface area contributed by atoms with Gasteiger partial charge < -0.3 is 0 Å². The Hall–Kier alpha value is -5.14. The quantitative estimate of drug-likeness (QED) is 0.160. The topological polar surface area (TPSA) is 34.6 Å². The molecule has 0 saturated heterocycles. The summed E-state index contributed by atoms with van der Waals surface area (Å²) in [4.78, 5) is 10.8. The van der Waals surface area contributed by atoms with E-state index in [0.29, 0.717) is 0 Å². The summed E-state index contributed by atoms with van der Waals surface area (Å²) in [5.74, 6) is 0. The van der Waals surface area contributed by atoms with Gasteiger partial charge in [-0.1, -0.05) is 0 Å². The molecule has 0 unspecified atom stereocenters. The van der Waals surface area contributed by atoms with E-state index in [1.165, 1.54) is 0 Å². The number of benzene rings is 4. The van der Waals surface area contributed by atoms with Crippen LogP contribution in [0, 0.1) is 0 Å². The van der Waals surface area contributed by atoms with Gasteiger partial charge in [0.05, 0.1) is 0 Å². The number of aliphatic imine (C=N–C) groups is 2. The van der Waals surface area contributed by atoms with Crippen LogP contribution < -0.4 is 10.7 Å². The van der Waals surface area contributed by atoms with Crippen LogP contribution in [0.2, 0.25) is 0 Å². The molecule has 10 rings (SSSR count). The summed E-state index contributed by atoms with van der Waals surface area (Å²) in [6.07, 6.45) is 8.51. The molecule has 242 valence electrons. The van der Waals surface area contributed by atoms with E-state index in [-0.39, 0.29) is 0 Å². The van der Waals surface area contributed by atoms with Gasteiger partial charge in [-0.25, -0.2) is 0 Å². The second-order valence-corrected chi connectivity index (χ2v) is 26.6. The minimum atomic E-state index is -4.94.